The summed E-state index contributed by atoms with van der Waals surface area (Å²) in [5.74, 6) is 0.565. The quantitative estimate of drug-likeness (QED) is 0.775. The summed E-state index contributed by atoms with van der Waals surface area (Å²) in [6.07, 6.45) is 0. The van der Waals surface area contributed by atoms with E-state index in [1.165, 1.54) is 6.07 Å². The number of nitrogens with zero attached hydrogens (tertiary/aromatic N) is 1. The van der Waals surface area contributed by atoms with Crippen LogP contribution < -0.4 is 4.74 Å². The fraction of sp³-hybridized carbons (Fsp3) is 0.0714. The highest BCUT2D eigenvalue weighted by Crippen LogP contribution is 2.28. The van der Waals surface area contributed by atoms with Crippen LogP contribution >= 0.6 is 11.6 Å². The summed E-state index contributed by atoms with van der Waals surface area (Å²) in [4.78, 5) is 0. The summed E-state index contributed by atoms with van der Waals surface area (Å²) in [7, 11) is 0. The molecule has 0 bridgehead atoms. The summed E-state index contributed by atoms with van der Waals surface area (Å²) in [6.45, 7) is 0. The molecule has 0 spiro atoms. The Labute approximate surface area is 109 Å². The van der Waals surface area contributed by atoms with Crippen LogP contribution in [-0.2, 0) is 5.88 Å². The molecular weight excluding hydrogens is 253 g/mol. The van der Waals surface area contributed by atoms with Gasteiger partial charge in [0.15, 0.2) is 0 Å². The number of hydrogen-bond acceptors (Lipinski definition) is 2. The summed E-state index contributed by atoms with van der Waals surface area (Å²) in [6, 6.07) is 13.1. The lowest BCUT2D eigenvalue weighted by Crippen LogP contribution is -1.93. The summed E-state index contributed by atoms with van der Waals surface area (Å²) in [5.41, 5.74) is 0.864. The monoisotopic (exact) mass is 261 g/mol. The van der Waals surface area contributed by atoms with E-state index in [9.17, 15) is 4.39 Å². The first-order chi connectivity index (χ1) is 8.74. The van der Waals surface area contributed by atoms with Gasteiger partial charge in [0.05, 0.1) is 17.5 Å². The number of alkyl halides is 1. The number of rotatable bonds is 3. The van der Waals surface area contributed by atoms with Crippen molar-refractivity contribution in [3.05, 3.63) is 59.4 Å². The smallest absolute Gasteiger partial charge is 0.134 e. The van der Waals surface area contributed by atoms with Crippen molar-refractivity contribution in [3.63, 3.8) is 0 Å². The van der Waals surface area contributed by atoms with Crippen molar-refractivity contribution in [1.29, 1.82) is 5.26 Å². The Morgan fingerprint density at radius 1 is 1.17 bits per heavy atom. The third-order valence-electron chi connectivity index (χ3n) is 2.42. The lowest BCUT2D eigenvalue weighted by atomic mass is 10.2. The molecule has 0 saturated heterocycles. The van der Waals surface area contributed by atoms with Crippen LogP contribution in [0.4, 0.5) is 4.39 Å². The molecular formula is C14H9ClFNO. The minimum absolute atomic E-state index is 0.0400. The van der Waals surface area contributed by atoms with Crippen LogP contribution in [0.1, 0.15) is 11.1 Å². The van der Waals surface area contributed by atoms with Crippen LogP contribution in [0, 0.1) is 17.1 Å². The van der Waals surface area contributed by atoms with Crippen molar-refractivity contribution in [2.75, 3.05) is 0 Å². The van der Waals surface area contributed by atoms with Gasteiger partial charge in [-0.15, -0.1) is 11.6 Å². The summed E-state index contributed by atoms with van der Waals surface area (Å²) < 4.78 is 19.0. The van der Waals surface area contributed by atoms with Crippen molar-refractivity contribution in [2.24, 2.45) is 0 Å². The molecule has 0 aromatic heterocycles. The van der Waals surface area contributed by atoms with E-state index in [1.807, 2.05) is 6.07 Å². The second-order valence-electron chi connectivity index (χ2n) is 3.59. The zero-order valence-electron chi connectivity index (χ0n) is 9.36. The van der Waals surface area contributed by atoms with E-state index >= 15 is 0 Å². The van der Waals surface area contributed by atoms with Gasteiger partial charge in [-0.2, -0.15) is 5.26 Å². The number of halogens is 2. The van der Waals surface area contributed by atoms with Crippen molar-refractivity contribution >= 4 is 11.6 Å². The van der Waals surface area contributed by atoms with Gasteiger partial charge in [-0.1, -0.05) is 6.07 Å². The van der Waals surface area contributed by atoms with E-state index < -0.39 is 5.82 Å². The van der Waals surface area contributed by atoms with E-state index in [4.69, 9.17) is 21.6 Å². The molecule has 0 aliphatic heterocycles. The Morgan fingerprint density at radius 3 is 2.50 bits per heavy atom. The number of nitriles is 1. The molecule has 0 amide bonds. The molecule has 0 fully saturated rings. The minimum Gasteiger partial charge on any atom is -0.457 e. The average Bonchev–Trinajstić information content (AvgIpc) is 2.40. The third kappa shape index (κ3) is 2.61. The molecule has 0 aliphatic rings. The molecule has 4 heteroatoms. The summed E-state index contributed by atoms with van der Waals surface area (Å²) >= 11 is 5.69. The van der Waals surface area contributed by atoms with E-state index in [0.29, 0.717) is 22.6 Å². The van der Waals surface area contributed by atoms with E-state index in [0.717, 1.165) is 0 Å². The molecule has 2 aromatic carbocycles. The zero-order chi connectivity index (χ0) is 13.0. The third-order valence-corrected chi connectivity index (χ3v) is 2.69. The van der Waals surface area contributed by atoms with Crippen LogP contribution in [0.2, 0.25) is 0 Å². The molecule has 0 N–H and O–H groups in total. The van der Waals surface area contributed by atoms with Crippen LogP contribution in [0.15, 0.2) is 42.5 Å². The van der Waals surface area contributed by atoms with Gasteiger partial charge < -0.3 is 4.74 Å². The lowest BCUT2D eigenvalue weighted by Gasteiger charge is -2.10. The SMILES string of the molecule is N#Cc1ccc(Oc2cccc(F)c2CCl)cc1. The predicted molar refractivity (Wildman–Crippen MR) is 67.2 cm³/mol. The highest BCUT2D eigenvalue weighted by atomic mass is 35.5. The molecule has 18 heavy (non-hydrogen) atoms. The molecule has 90 valence electrons. The second-order valence-corrected chi connectivity index (χ2v) is 3.86. The van der Waals surface area contributed by atoms with Crippen LogP contribution in [0.5, 0.6) is 11.5 Å². The minimum atomic E-state index is -0.392. The van der Waals surface area contributed by atoms with Crippen molar-refractivity contribution < 1.29 is 9.13 Å². The zero-order valence-corrected chi connectivity index (χ0v) is 10.1. The van der Waals surface area contributed by atoms with Crippen molar-refractivity contribution in [2.45, 2.75) is 5.88 Å². The van der Waals surface area contributed by atoms with E-state index in [-0.39, 0.29) is 5.88 Å². The van der Waals surface area contributed by atoms with E-state index in [1.54, 1.807) is 36.4 Å². The first-order valence-electron chi connectivity index (χ1n) is 5.26. The Hall–Kier alpha value is -2.05. The van der Waals surface area contributed by atoms with Crippen LogP contribution in [0.3, 0.4) is 0 Å². The molecule has 0 atom stereocenters. The highest BCUT2D eigenvalue weighted by Gasteiger charge is 2.09. The molecule has 0 aliphatic carbocycles. The first kappa shape index (κ1) is 12.4. The molecule has 2 nitrogen and oxygen atoms in total. The van der Waals surface area contributed by atoms with Gasteiger partial charge in [-0.25, -0.2) is 4.39 Å². The maximum Gasteiger partial charge on any atom is 0.134 e. The normalized spacial score (nSPS) is 9.83. The number of hydrogen-bond donors (Lipinski definition) is 0. The fourth-order valence-corrected chi connectivity index (χ4v) is 1.75. The Morgan fingerprint density at radius 2 is 1.89 bits per heavy atom. The maximum atomic E-state index is 13.5. The highest BCUT2D eigenvalue weighted by molar-refractivity contribution is 6.17. The largest absolute Gasteiger partial charge is 0.457 e. The van der Waals surface area contributed by atoms with Crippen LogP contribution in [-0.4, -0.2) is 0 Å². The second kappa shape index (κ2) is 5.52. The van der Waals surface area contributed by atoms with Gasteiger partial charge in [0.25, 0.3) is 0 Å². The van der Waals surface area contributed by atoms with E-state index in [2.05, 4.69) is 0 Å². The Balaban J connectivity index is 2.28. The molecule has 0 unspecified atom stereocenters. The maximum absolute atomic E-state index is 13.5. The fourth-order valence-electron chi connectivity index (χ4n) is 1.49. The van der Waals surface area contributed by atoms with Gasteiger partial charge in [0, 0.05) is 5.56 Å². The van der Waals surface area contributed by atoms with Gasteiger partial charge in [-0.05, 0) is 36.4 Å². The molecule has 0 radical (unpaired) electrons. The number of benzene rings is 2. The topological polar surface area (TPSA) is 33.0 Å². The summed E-state index contributed by atoms with van der Waals surface area (Å²) in [5, 5.41) is 8.68. The van der Waals surface area contributed by atoms with Gasteiger partial charge in [-0.3, -0.25) is 0 Å². The average molecular weight is 262 g/mol. The van der Waals surface area contributed by atoms with Gasteiger partial charge in [0.1, 0.15) is 17.3 Å². The van der Waals surface area contributed by atoms with Crippen LogP contribution in [0.25, 0.3) is 0 Å². The molecule has 0 heterocycles. The molecule has 2 aromatic rings. The Kier molecular flexibility index (Phi) is 3.81. The lowest BCUT2D eigenvalue weighted by molar-refractivity contribution is 0.470. The molecule has 0 saturated carbocycles. The Bertz CT molecular complexity index is 590. The standard InChI is InChI=1S/C14H9ClFNO/c15-8-12-13(16)2-1-3-14(12)18-11-6-4-10(9-17)5-7-11/h1-7H,8H2. The van der Waals surface area contributed by atoms with Gasteiger partial charge in [0.2, 0.25) is 0 Å². The van der Waals surface area contributed by atoms with Gasteiger partial charge >= 0.3 is 0 Å². The van der Waals surface area contributed by atoms with Crippen molar-refractivity contribution in [3.8, 4) is 17.6 Å². The first-order valence-corrected chi connectivity index (χ1v) is 5.79. The molecule has 2 rings (SSSR count). The number of ether oxygens (including phenoxy) is 1. The van der Waals surface area contributed by atoms with Crippen molar-refractivity contribution in [1.82, 2.24) is 0 Å². The predicted octanol–water partition coefficient (Wildman–Crippen LogP) is 4.23.